The van der Waals surface area contributed by atoms with Gasteiger partial charge in [0.15, 0.2) is 5.82 Å². The first-order valence-electron chi connectivity index (χ1n) is 11.3. The Morgan fingerprint density at radius 1 is 1.21 bits per heavy atom. The lowest BCUT2D eigenvalue weighted by Crippen LogP contribution is -2.58. The molecule has 0 unspecified atom stereocenters. The van der Waals surface area contributed by atoms with Gasteiger partial charge in [-0.3, -0.25) is 19.7 Å². The first-order valence-corrected chi connectivity index (χ1v) is 11.3. The van der Waals surface area contributed by atoms with Crippen LogP contribution in [0.4, 0.5) is 10.6 Å². The molecule has 12 heteroatoms. The molecule has 2 aromatic rings. The number of aromatic nitrogens is 4. The van der Waals surface area contributed by atoms with Crippen LogP contribution in [0.1, 0.15) is 41.5 Å². The summed E-state index contributed by atoms with van der Waals surface area (Å²) < 4.78 is 10.2. The van der Waals surface area contributed by atoms with Gasteiger partial charge in [-0.05, 0) is 32.4 Å². The highest BCUT2D eigenvalue weighted by atomic mass is 16.5. The Labute approximate surface area is 196 Å². The lowest BCUT2D eigenvalue weighted by atomic mass is 10.1. The Morgan fingerprint density at radius 3 is 2.85 bits per heavy atom. The number of urea groups is 1. The number of H-pyrrole nitrogens is 1. The zero-order valence-electron chi connectivity index (χ0n) is 19.4. The number of nitrogens with one attached hydrogen (secondary N) is 2. The summed E-state index contributed by atoms with van der Waals surface area (Å²) >= 11 is 0. The highest BCUT2D eigenvalue weighted by Crippen LogP contribution is 2.29. The Bertz CT molecular complexity index is 1110. The molecule has 5 heterocycles. The maximum atomic E-state index is 13.4. The number of anilines is 1. The molecule has 180 valence electrons. The molecule has 0 aliphatic carbocycles. The Balaban J connectivity index is 1.31. The van der Waals surface area contributed by atoms with Gasteiger partial charge in [-0.2, -0.15) is 15.1 Å². The number of ether oxygens (including phenoxy) is 2. The number of nitrogens with zero attached hydrogens (tertiary/aromatic N) is 6. The number of carbonyl (C=O) groups is 2. The number of aromatic amines is 1. The second-order valence-electron chi connectivity index (χ2n) is 8.72. The van der Waals surface area contributed by atoms with Gasteiger partial charge < -0.3 is 19.7 Å². The average molecular weight is 469 g/mol. The van der Waals surface area contributed by atoms with Crippen molar-refractivity contribution in [3.63, 3.8) is 0 Å². The fourth-order valence-corrected chi connectivity index (χ4v) is 4.81. The standard InChI is InChI=1S/C22H28N8O4/c1-13-10-28-7-4-5-14(28)11-30(13)22(32)29-8-6-16-15(12-29)19(27-26-16)25-20(31)17-9-18(33-2)24-21(23-17)34-3/h6,8-9,13-14H,4-5,7,10-12H2,1-3H3,(H2,25,26,27,31)/t13-,14-/m0/s1. The van der Waals surface area contributed by atoms with E-state index >= 15 is 0 Å². The van der Waals surface area contributed by atoms with E-state index in [0.717, 1.165) is 37.3 Å². The van der Waals surface area contributed by atoms with Crippen LogP contribution in [0.15, 0.2) is 12.3 Å². The van der Waals surface area contributed by atoms with Crippen LogP contribution < -0.4 is 14.8 Å². The minimum atomic E-state index is -0.494. The second-order valence-corrected chi connectivity index (χ2v) is 8.72. The molecule has 3 amide bonds. The first-order chi connectivity index (χ1) is 16.5. The number of rotatable bonds is 4. The maximum absolute atomic E-state index is 13.4. The van der Waals surface area contributed by atoms with Gasteiger partial charge in [-0.15, -0.1) is 0 Å². The highest BCUT2D eigenvalue weighted by molar-refractivity contribution is 6.03. The van der Waals surface area contributed by atoms with E-state index in [1.54, 1.807) is 17.2 Å². The van der Waals surface area contributed by atoms with Crippen molar-refractivity contribution < 1.29 is 19.1 Å². The lowest BCUT2D eigenvalue weighted by Gasteiger charge is -2.43. The quantitative estimate of drug-likeness (QED) is 0.692. The second kappa shape index (κ2) is 8.93. The van der Waals surface area contributed by atoms with Gasteiger partial charge in [-0.1, -0.05) is 0 Å². The first kappa shape index (κ1) is 22.1. The molecule has 2 N–H and O–H groups in total. The van der Waals surface area contributed by atoms with Crippen LogP contribution in [-0.4, -0.2) is 92.7 Å². The van der Waals surface area contributed by atoms with E-state index < -0.39 is 5.91 Å². The lowest BCUT2D eigenvalue weighted by molar-refractivity contribution is 0.0682. The van der Waals surface area contributed by atoms with Crippen molar-refractivity contribution in [3.8, 4) is 11.9 Å². The summed E-state index contributed by atoms with van der Waals surface area (Å²) in [7, 11) is 2.85. The normalized spacial score (nSPS) is 21.7. The van der Waals surface area contributed by atoms with E-state index in [9.17, 15) is 9.59 Å². The minimum Gasteiger partial charge on any atom is -0.481 e. The number of carbonyl (C=O) groups excluding carboxylic acids is 2. The van der Waals surface area contributed by atoms with Gasteiger partial charge in [0.05, 0.1) is 26.5 Å². The third kappa shape index (κ3) is 4.04. The van der Waals surface area contributed by atoms with Crippen LogP contribution >= 0.6 is 0 Å². The van der Waals surface area contributed by atoms with E-state index in [4.69, 9.17) is 9.47 Å². The molecule has 3 aliphatic rings. The van der Waals surface area contributed by atoms with E-state index in [-0.39, 0.29) is 29.7 Å². The summed E-state index contributed by atoms with van der Waals surface area (Å²) in [5.74, 6) is 0.0521. The van der Waals surface area contributed by atoms with Crippen LogP contribution in [0.25, 0.3) is 6.08 Å². The summed E-state index contributed by atoms with van der Waals surface area (Å²) in [4.78, 5) is 40.5. The number of methoxy groups -OCH3 is 2. The third-order valence-electron chi connectivity index (χ3n) is 6.62. The predicted molar refractivity (Wildman–Crippen MR) is 122 cm³/mol. The third-order valence-corrected chi connectivity index (χ3v) is 6.62. The number of hydrogen-bond acceptors (Lipinski definition) is 8. The fourth-order valence-electron chi connectivity index (χ4n) is 4.81. The molecule has 34 heavy (non-hydrogen) atoms. The van der Waals surface area contributed by atoms with Crippen LogP contribution in [0.2, 0.25) is 0 Å². The van der Waals surface area contributed by atoms with Crippen molar-refractivity contribution in [1.29, 1.82) is 0 Å². The van der Waals surface area contributed by atoms with E-state index in [0.29, 0.717) is 18.4 Å². The van der Waals surface area contributed by atoms with Crippen molar-refractivity contribution in [2.24, 2.45) is 0 Å². The molecular formula is C22H28N8O4. The highest BCUT2D eigenvalue weighted by Gasteiger charge is 2.38. The van der Waals surface area contributed by atoms with E-state index in [1.807, 2.05) is 4.90 Å². The van der Waals surface area contributed by atoms with Gasteiger partial charge in [0.1, 0.15) is 5.69 Å². The van der Waals surface area contributed by atoms with E-state index in [2.05, 4.69) is 37.3 Å². The number of amides is 3. The van der Waals surface area contributed by atoms with Crippen LogP contribution in [0.5, 0.6) is 11.9 Å². The van der Waals surface area contributed by atoms with Crippen LogP contribution in [-0.2, 0) is 6.54 Å². The molecular weight excluding hydrogens is 440 g/mol. The van der Waals surface area contributed by atoms with Gasteiger partial charge in [-0.25, -0.2) is 4.79 Å². The van der Waals surface area contributed by atoms with Gasteiger partial charge in [0, 0.05) is 43.0 Å². The molecule has 0 saturated carbocycles. The molecule has 3 aliphatic heterocycles. The Morgan fingerprint density at radius 2 is 2.06 bits per heavy atom. The molecule has 2 fully saturated rings. The molecule has 5 rings (SSSR count). The van der Waals surface area contributed by atoms with Crippen LogP contribution in [0.3, 0.4) is 0 Å². The van der Waals surface area contributed by atoms with Crippen molar-refractivity contribution in [2.75, 3.05) is 39.2 Å². The fraction of sp³-hybridized carbons (Fsp3) is 0.500. The van der Waals surface area contributed by atoms with Crippen molar-refractivity contribution in [2.45, 2.75) is 38.4 Å². The minimum absolute atomic E-state index is 0.0183. The Hall–Kier alpha value is -3.67. The number of fused-ring (bicyclic) bond motifs is 2. The van der Waals surface area contributed by atoms with Crippen LogP contribution in [0, 0.1) is 0 Å². The topological polar surface area (TPSA) is 129 Å². The van der Waals surface area contributed by atoms with Gasteiger partial charge in [0.2, 0.25) is 5.88 Å². The maximum Gasteiger partial charge on any atom is 0.324 e. The van der Waals surface area contributed by atoms with Gasteiger partial charge in [0.25, 0.3) is 5.91 Å². The van der Waals surface area contributed by atoms with Crippen molar-refractivity contribution in [3.05, 3.63) is 29.2 Å². The molecule has 0 bridgehead atoms. The molecule has 2 aromatic heterocycles. The smallest absolute Gasteiger partial charge is 0.324 e. The molecule has 0 aromatic carbocycles. The predicted octanol–water partition coefficient (Wildman–Crippen LogP) is 1.54. The summed E-state index contributed by atoms with van der Waals surface area (Å²) in [5, 5.41) is 9.93. The summed E-state index contributed by atoms with van der Waals surface area (Å²) in [6.07, 6.45) is 5.89. The molecule has 0 spiro atoms. The number of piperazine rings is 1. The molecule has 0 radical (unpaired) electrons. The summed E-state index contributed by atoms with van der Waals surface area (Å²) in [6.45, 7) is 5.15. The SMILES string of the molecule is COc1cc(C(=O)Nc2n[nH]c3c2CN(C(=O)N2C[C@@H]4CCCN4C[C@@H]2C)C=C3)nc(OC)n1. The summed E-state index contributed by atoms with van der Waals surface area (Å²) in [5.41, 5.74) is 1.54. The monoisotopic (exact) mass is 468 g/mol. The van der Waals surface area contributed by atoms with Crippen molar-refractivity contribution >= 4 is 23.8 Å². The molecule has 2 atom stereocenters. The van der Waals surface area contributed by atoms with Gasteiger partial charge >= 0.3 is 12.0 Å². The Kier molecular flexibility index (Phi) is 5.82. The zero-order chi connectivity index (χ0) is 23.8. The van der Waals surface area contributed by atoms with Crippen molar-refractivity contribution in [1.82, 2.24) is 34.9 Å². The summed E-state index contributed by atoms with van der Waals surface area (Å²) in [6, 6.07) is 1.98. The largest absolute Gasteiger partial charge is 0.481 e. The van der Waals surface area contributed by atoms with E-state index in [1.165, 1.54) is 26.7 Å². The zero-order valence-corrected chi connectivity index (χ0v) is 19.4. The molecule has 2 saturated heterocycles. The average Bonchev–Trinajstić information content (AvgIpc) is 3.48. The number of hydrogen-bond donors (Lipinski definition) is 2. The molecule has 12 nitrogen and oxygen atoms in total.